The lowest BCUT2D eigenvalue weighted by molar-refractivity contribution is -0.119. The molecule has 0 saturated heterocycles. The monoisotopic (exact) mass is 713 g/mol. The molecule has 0 aliphatic heterocycles. The van der Waals surface area contributed by atoms with Crippen molar-refractivity contribution >= 4 is 79.5 Å². The third-order valence-corrected chi connectivity index (χ3v) is 7.47. The third kappa shape index (κ3) is 10.1. The summed E-state index contributed by atoms with van der Waals surface area (Å²) < 4.78 is 3.03. The summed E-state index contributed by atoms with van der Waals surface area (Å²) in [6, 6.07) is 3.46. The summed E-state index contributed by atoms with van der Waals surface area (Å²) in [5.41, 5.74) is 11.9. The van der Waals surface area contributed by atoms with E-state index in [1.165, 1.54) is 0 Å². The zero-order chi connectivity index (χ0) is 20.2. The van der Waals surface area contributed by atoms with E-state index in [0.717, 1.165) is 30.1 Å². The van der Waals surface area contributed by atoms with Crippen LogP contribution in [0.1, 0.15) is 29.6 Å². The van der Waals surface area contributed by atoms with Gasteiger partial charge >= 0.3 is 0 Å². The Morgan fingerprint density at radius 3 is 2.48 bits per heavy atom. The smallest absolute Gasteiger partial charge is 0.252 e. The molecule has 1 amide bonds. The number of amides is 1. The molecule has 0 aliphatic rings. The van der Waals surface area contributed by atoms with Crippen LogP contribution in [0, 0.1) is 10.7 Å². The summed E-state index contributed by atoms with van der Waals surface area (Å²) >= 11 is 6.61. The maximum atomic E-state index is 12.3. The van der Waals surface area contributed by atoms with E-state index in [9.17, 15) is 9.59 Å². The van der Waals surface area contributed by atoms with Gasteiger partial charge in [0, 0.05) is 30.5 Å². The first kappa shape index (κ1) is 25.4. The van der Waals surface area contributed by atoms with Gasteiger partial charge in [-0.2, -0.15) is 0 Å². The number of carbonyl (C=O) groups excluding carboxylic acids is 2. The zero-order valence-corrected chi connectivity index (χ0v) is 21.5. The lowest BCUT2D eigenvalue weighted by Crippen LogP contribution is -2.40. The molecule has 0 unspecified atom stereocenters. The minimum Gasteiger partial charge on any atom is -0.351 e. The average molecular weight is 713 g/mol. The average Bonchev–Trinajstić information content (AvgIpc) is 2.63. The van der Waals surface area contributed by atoms with Crippen molar-refractivity contribution in [3.05, 3.63) is 28.4 Å². The summed E-state index contributed by atoms with van der Waals surface area (Å²) in [5, 5.41) is 8.96. The normalized spacial score (nSPS) is 12.0. The van der Waals surface area contributed by atoms with Gasteiger partial charge in [0.05, 0.1) is 18.2 Å². The molecule has 27 heavy (non-hydrogen) atoms. The fourth-order valence-corrected chi connectivity index (χ4v) is 4.70. The van der Waals surface area contributed by atoms with Crippen molar-refractivity contribution in [2.45, 2.75) is 25.3 Å². The molecular weight excluding hydrogens is 687 g/mol. The number of carbonyl (C=O) groups is 2. The highest BCUT2D eigenvalue weighted by molar-refractivity contribution is 14.1. The van der Waals surface area contributed by atoms with Crippen LogP contribution < -0.4 is 27.4 Å². The third-order valence-electron chi connectivity index (χ3n) is 3.80. The Kier molecular flexibility index (Phi) is 13.5. The van der Waals surface area contributed by atoms with Gasteiger partial charge in [0.25, 0.3) is 5.91 Å². The van der Waals surface area contributed by atoms with E-state index in [1.54, 1.807) is 0 Å². The van der Waals surface area contributed by atoms with Gasteiger partial charge in [-0.05, 0) is 99.3 Å². The van der Waals surface area contributed by atoms with E-state index < -0.39 is 6.04 Å². The highest BCUT2D eigenvalue weighted by Gasteiger charge is 2.14. The van der Waals surface area contributed by atoms with E-state index in [4.69, 9.17) is 11.5 Å². The molecule has 0 radical (unpaired) electrons. The molecular formula is C17H26I3N5O2. The van der Waals surface area contributed by atoms with Crippen LogP contribution in [-0.4, -0.2) is 50.6 Å². The minimum absolute atomic E-state index is 0.00479. The number of unbranched alkanes of at least 4 members (excludes halogenated alkanes) is 1. The quantitative estimate of drug-likeness (QED) is 0.0913. The number of rotatable bonds is 13. The number of Topliss-reactive ketones (excluding diaryl/α,β-unsaturated/α-hetero) is 1. The van der Waals surface area contributed by atoms with Crippen LogP contribution in [0.4, 0.5) is 0 Å². The van der Waals surface area contributed by atoms with Crippen LogP contribution in [0.2, 0.25) is 0 Å². The number of hydrogen-bond acceptors (Lipinski definition) is 6. The molecule has 1 atom stereocenters. The van der Waals surface area contributed by atoms with Crippen molar-refractivity contribution in [3.8, 4) is 0 Å². The maximum Gasteiger partial charge on any atom is 0.252 e. The van der Waals surface area contributed by atoms with Gasteiger partial charge in [-0.25, -0.2) is 0 Å². The number of benzene rings is 1. The second-order valence-electron chi connectivity index (χ2n) is 5.95. The van der Waals surface area contributed by atoms with Crippen LogP contribution in [-0.2, 0) is 4.79 Å². The van der Waals surface area contributed by atoms with Crippen molar-refractivity contribution < 1.29 is 9.59 Å². The molecule has 152 valence electrons. The lowest BCUT2D eigenvalue weighted by atomic mass is 10.1. The van der Waals surface area contributed by atoms with Crippen molar-refractivity contribution in [1.29, 1.82) is 0 Å². The Balaban J connectivity index is 2.22. The van der Waals surface area contributed by atoms with Gasteiger partial charge in [-0.3, -0.25) is 9.59 Å². The SMILES string of the molecule is NCNCCCC[C@H](N)C(=O)CNCCNC(=O)c1cc(I)cc(I)c1I. The summed E-state index contributed by atoms with van der Waals surface area (Å²) in [5.74, 6) is -0.110. The van der Waals surface area contributed by atoms with Gasteiger partial charge in [0.2, 0.25) is 0 Å². The van der Waals surface area contributed by atoms with E-state index in [0.29, 0.717) is 31.7 Å². The van der Waals surface area contributed by atoms with Crippen molar-refractivity contribution in [3.63, 3.8) is 0 Å². The Bertz CT molecular complexity index is 631. The minimum atomic E-state index is -0.444. The fourth-order valence-electron chi connectivity index (χ4n) is 2.30. The van der Waals surface area contributed by atoms with Gasteiger partial charge < -0.3 is 27.4 Å². The van der Waals surface area contributed by atoms with Crippen molar-refractivity contribution in [2.24, 2.45) is 11.5 Å². The summed E-state index contributed by atoms with van der Waals surface area (Å²) in [6.07, 6.45) is 2.52. The molecule has 0 saturated carbocycles. The molecule has 7 nitrogen and oxygen atoms in total. The summed E-state index contributed by atoms with van der Waals surface area (Å²) in [6.45, 7) is 2.49. The number of hydrogen-bond donors (Lipinski definition) is 5. The highest BCUT2D eigenvalue weighted by Crippen LogP contribution is 2.22. The van der Waals surface area contributed by atoms with Crippen molar-refractivity contribution in [1.82, 2.24) is 16.0 Å². The Hall–Kier alpha value is 0.390. The molecule has 7 N–H and O–H groups in total. The Morgan fingerprint density at radius 1 is 1.04 bits per heavy atom. The van der Waals surface area contributed by atoms with E-state index >= 15 is 0 Å². The predicted octanol–water partition coefficient (Wildman–Crippen LogP) is 1.39. The molecule has 0 aliphatic carbocycles. The Labute approximate surface area is 201 Å². The molecule has 0 bridgehead atoms. The molecule has 0 heterocycles. The molecule has 0 fully saturated rings. The molecule has 1 aromatic carbocycles. The highest BCUT2D eigenvalue weighted by atomic mass is 127. The standard InChI is InChI=1S/C17H26I3N5O2/c18-11-7-12(16(20)13(19)8-11)17(27)25-6-5-23-9-15(26)14(22)3-1-2-4-24-10-21/h7-8,14,23-24H,1-6,9-10,21-22H2,(H,25,27)/t14-/m0/s1. The molecule has 0 spiro atoms. The maximum absolute atomic E-state index is 12.3. The van der Waals surface area contributed by atoms with Crippen molar-refractivity contribution in [2.75, 3.05) is 32.8 Å². The topological polar surface area (TPSA) is 122 Å². The predicted molar refractivity (Wildman–Crippen MR) is 134 cm³/mol. The largest absolute Gasteiger partial charge is 0.351 e. The van der Waals surface area contributed by atoms with Crippen LogP contribution in [0.5, 0.6) is 0 Å². The first-order valence-corrected chi connectivity index (χ1v) is 11.9. The number of ketones is 1. The van der Waals surface area contributed by atoms with E-state index in [1.807, 2.05) is 12.1 Å². The first-order chi connectivity index (χ1) is 12.9. The van der Waals surface area contributed by atoms with Gasteiger partial charge in [0.15, 0.2) is 5.78 Å². The molecule has 10 heteroatoms. The molecule has 0 aromatic heterocycles. The second-order valence-corrected chi connectivity index (χ2v) is 9.44. The zero-order valence-electron chi connectivity index (χ0n) is 15.0. The Morgan fingerprint density at radius 2 is 1.78 bits per heavy atom. The summed E-state index contributed by atoms with van der Waals surface area (Å²) in [4.78, 5) is 24.3. The number of nitrogens with two attached hydrogens (primary N) is 2. The summed E-state index contributed by atoms with van der Waals surface area (Å²) in [7, 11) is 0. The second kappa shape index (κ2) is 14.4. The van der Waals surface area contributed by atoms with E-state index in [-0.39, 0.29) is 18.2 Å². The van der Waals surface area contributed by atoms with Crippen LogP contribution in [0.3, 0.4) is 0 Å². The lowest BCUT2D eigenvalue weighted by Gasteiger charge is -2.12. The van der Waals surface area contributed by atoms with Gasteiger partial charge in [0.1, 0.15) is 0 Å². The fraction of sp³-hybridized carbons (Fsp3) is 0.529. The van der Waals surface area contributed by atoms with Crippen LogP contribution in [0.25, 0.3) is 0 Å². The number of nitrogens with one attached hydrogen (secondary N) is 3. The number of halogens is 3. The van der Waals surface area contributed by atoms with Gasteiger partial charge in [-0.1, -0.05) is 6.42 Å². The van der Waals surface area contributed by atoms with E-state index in [2.05, 4.69) is 83.7 Å². The van der Waals surface area contributed by atoms with Crippen LogP contribution in [0.15, 0.2) is 12.1 Å². The first-order valence-electron chi connectivity index (χ1n) is 8.69. The van der Waals surface area contributed by atoms with Gasteiger partial charge in [-0.15, -0.1) is 0 Å². The molecule has 1 rings (SSSR count). The molecule has 1 aromatic rings. The van der Waals surface area contributed by atoms with Crippen LogP contribution >= 0.6 is 67.8 Å².